The van der Waals surface area contributed by atoms with Crippen molar-refractivity contribution in [2.75, 3.05) is 14.2 Å². The summed E-state index contributed by atoms with van der Waals surface area (Å²) in [5, 5.41) is 9.87. The summed E-state index contributed by atoms with van der Waals surface area (Å²) in [6.45, 7) is 0.222. The number of likely N-dealkylation sites (N-methyl/N-ethyl adjacent to an activating group) is 1. The number of hydrogen-bond donors (Lipinski definition) is 1. The van der Waals surface area contributed by atoms with Gasteiger partial charge in [-0.15, -0.1) is 0 Å². The van der Waals surface area contributed by atoms with Crippen LogP contribution in [0.4, 0.5) is 5.69 Å². The van der Waals surface area contributed by atoms with E-state index < -0.39 is 11.9 Å². The first kappa shape index (κ1) is 26.0. The van der Waals surface area contributed by atoms with Crippen molar-refractivity contribution in [1.82, 2.24) is 4.90 Å². The average Bonchev–Trinajstić information content (AvgIpc) is 3.16. The number of aliphatic imine (C=N–C) groups is 1. The third kappa shape index (κ3) is 6.19. The number of methoxy groups -OCH3 is 1. The first-order valence-electron chi connectivity index (χ1n) is 10.9. The van der Waals surface area contributed by atoms with Gasteiger partial charge < -0.3 is 14.6 Å². The number of nitrogens with zero attached hydrogens (tertiary/aromatic N) is 2. The van der Waals surface area contributed by atoms with Crippen molar-refractivity contribution in [3.05, 3.63) is 98.9 Å². The Bertz CT molecular complexity index is 1420. The highest BCUT2D eigenvalue weighted by Crippen LogP contribution is 2.34. The van der Waals surface area contributed by atoms with Crippen LogP contribution in [0.25, 0.3) is 6.08 Å². The fourth-order valence-corrected chi connectivity index (χ4v) is 4.56. The summed E-state index contributed by atoms with van der Waals surface area (Å²) in [4.78, 5) is 41.8. The van der Waals surface area contributed by atoms with E-state index in [0.29, 0.717) is 32.1 Å². The first-order chi connectivity index (χ1) is 17.7. The Morgan fingerprint density at radius 1 is 1.05 bits per heavy atom. The van der Waals surface area contributed by atoms with Gasteiger partial charge in [0.15, 0.2) is 5.17 Å². The standard InChI is InChI=1S/C27H21ClN2O6S/c1-30-24(31)23(37-27(30)29-20-10-8-19(9-11-20)26(34)35-2)14-17-5-12-22(21(28)13-17)36-15-16-3-6-18(7-4-16)25(32)33/h3-14H,15H2,1-2H3,(H,32,33). The maximum Gasteiger partial charge on any atom is 0.337 e. The molecule has 1 amide bonds. The van der Waals surface area contributed by atoms with Crippen LogP contribution in [0, 0.1) is 0 Å². The lowest BCUT2D eigenvalue weighted by Gasteiger charge is -2.09. The molecule has 1 fully saturated rings. The molecule has 1 N–H and O–H groups in total. The number of amides is 1. The number of hydrogen-bond acceptors (Lipinski definition) is 7. The summed E-state index contributed by atoms with van der Waals surface area (Å²) in [6.07, 6.45) is 1.73. The Balaban J connectivity index is 1.44. The molecule has 0 unspecified atom stereocenters. The van der Waals surface area contributed by atoms with Crippen LogP contribution in [-0.2, 0) is 16.1 Å². The maximum atomic E-state index is 12.8. The number of esters is 1. The Labute approximate surface area is 222 Å². The lowest BCUT2D eigenvalue weighted by atomic mass is 10.1. The second-order valence-electron chi connectivity index (χ2n) is 7.89. The molecule has 4 rings (SSSR count). The molecule has 1 heterocycles. The lowest BCUT2D eigenvalue weighted by Crippen LogP contribution is -2.23. The van der Waals surface area contributed by atoms with Crippen LogP contribution >= 0.6 is 23.4 Å². The number of carboxylic acid groups (broad SMARTS) is 1. The van der Waals surface area contributed by atoms with Crippen LogP contribution in [0.5, 0.6) is 5.75 Å². The van der Waals surface area contributed by atoms with E-state index in [4.69, 9.17) is 26.2 Å². The molecule has 1 saturated heterocycles. The summed E-state index contributed by atoms with van der Waals surface area (Å²) in [6, 6.07) is 18.2. The lowest BCUT2D eigenvalue weighted by molar-refractivity contribution is -0.121. The van der Waals surface area contributed by atoms with Gasteiger partial charge in [-0.25, -0.2) is 14.6 Å². The number of ether oxygens (including phenoxy) is 2. The number of amidine groups is 1. The zero-order valence-electron chi connectivity index (χ0n) is 19.8. The van der Waals surface area contributed by atoms with Gasteiger partial charge in [-0.1, -0.05) is 29.8 Å². The highest BCUT2D eigenvalue weighted by molar-refractivity contribution is 8.18. The maximum absolute atomic E-state index is 12.8. The number of aromatic carboxylic acids is 1. The second-order valence-corrected chi connectivity index (χ2v) is 9.30. The van der Waals surface area contributed by atoms with Gasteiger partial charge in [0.05, 0.1) is 33.9 Å². The number of carbonyl (C=O) groups is 3. The molecule has 8 nitrogen and oxygen atoms in total. The van der Waals surface area contributed by atoms with Gasteiger partial charge in [-0.05, 0) is 77.5 Å². The second kappa shape index (κ2) is 11.3. The first-order valence-corrected chi connectivity index (χ1v) is 12.1. The van der Waals surface area contributed by atoms with Crippen LogP contribution in [0.15, 0.2) is 76.6 Å². The quantitative estimate of drug-likeness (QED) is 0.308. The number of carbonyl (C=O) groups excluding carboxylic acids is 2. The number of rotatable bonds is 7. The summed E-state index contributed by atoms with van der Waals surface area (Å²) in [7, 11) is 2.96. The molecule has 1 aliphatic heterocycles. The van der Waals surface area contributed by atoms with Crippen molar-refractivity contribution < 1.29 is 29.0 Å². The Kier molecular flexibility index (Phi) is 7.95. The molecule has 188 valence electrons. The van der Waals surface area contributed by atoms with Gasteiger partial charge in [-0.2, -0.15) is 0 Å². The van der Waals surface area contributed by atoms with Crippen molar-refractivity contribution >= 4 is 58.1 Å². The summed E-state index contributed by atoms with van der Waals surface area (Å²) >= 11 is 7.64. The van der Waals surface area contributed by atoms with Gasteiger partial charge in [0.2, 0.25) is 0 Å². The molecule has 3 aromatic rings. The van der Waals surface area contributed by atoms with Crippen LogP contribution in [0.2, 0.25) is 5.02 Å². The predicted octanol–water partition coefficient (Wildman–Crippen LogP) is 5.64. The summed E-state index contributed by atoms with van der Waals surface area (Å²) in [5.74, 6) is -1.16. The van der Waals surface area contributed by atoms with E-state index in [1.165, 1.54) is 35.9 Å². The van der Waals surface area contributed by atoms with Gasteiger partial charge in [0, 0.05) is 7.05 Å². The number of carboxylic acids is 1. The minimum absolute atomic E-state index is 0.198. The van der Waals surface area contributed by atoms with Gasteiger partial charge >= 0.3 is 11.9 Å². The average molecular weight is 537 g/mol. The van der Waals surface area contributed by atoms with E-state index in [9.17, 15) is 14.4 Å². The fraction of sp³-hybridized carbons (Fsp3) is 0.111. The fourth-order valence-electron chi connectivity index (χ4n) is 3.33. The highest BCUT2D eigenvalue weighted by Gasteiger charge is 2.30. The van der Waals surface area contributed by atoms with Crippen LogP contribution < -0.4 is 4.74 Å². The Morgan fingerprint density at radius 2 is 1.73 bits per heavy atom. The molecular weight excluding hydrogens is 516 g/mol. The monoisotopic (exact) mass is 536 g/mol. The van der Waals surface area contributed by atoms with Gasteiger partial charge in [0.25, 0.3) is 5.91 Å². The van der Waals surface area contributed by atoms with Crippen molar-refractivity contribution in [3.63, 3.8) is 0 Å². The molecule has 0 aliphatic carbocycles. The molecule has 0 atom stereocenters. The largest absolute Gasteiger partial charge is 0.487 e. The van der Waals surface area contributed by atoms with E-state index in [1.54, 1.807) is 67.7 Å². The third-order valence-electron chi connectivity index (χ3n) is 5.37. The van der Waals surface area contributed by atoms with Crippen LogP contribution in [0.3, 0.4) is 0 Å². The normalized spacial score (nSPS) is 15.3. The van der Waals surface area contributed by atoms with Gasteiger partial charge in [0.1, 0.15) is 12.4 Å². The molecule has 0 aromatic heterocycles. The molecule has 0 bridgehead atoms. The van der Waals surface area contributed by atoms with Crippen molar-refractivity contribution in [1.29, 1.82) is 0 Å². The third-order valence-corrected chi connectivity index (χ3v) is 6.72. The smallest absolute Gasteiger partial charge is 0.337 e. The van der Waals surface area contributed by atoms with E-state index >= 15 is 0 Å². The molecule has 37 heavy (non-hydrogen) atoms. The molecule has 0 saturated carbocycles. The number of thioether (sulfide) groups is 1. The minimum Gasteiger partial charge on any atom is -0.487 e. The van der Waals surface area contributed by atoms with E-state index in [0.717, 1.165) is 11.1 Å². The molecule has 0 spiro atoms. The Morgan fingerprint density at radius 3 is 2.35 bits per heavy atom. The number of halogens is 1. The highest BCUT2D eigenvalue weighted by atomic mass is 35.5. The van der Waals surface area contributed by atoms with Gasteiger partial charge in [-0.3, -0.25) is 9.69 Å². The van der Waals surface area contributed by atoms with Crippen LogP contribution in [0.1, 0.15) is 31.8 Å². The Hall–Kier alpha value is -4.08. The zero-order chi connectivity index (χ0) is 26.5. The molecular formula is C27H21ClN2O6S. The van der Waals surface area contributed by atoms with Crippen molar-refractivity contribution in [2.24, 2.45) is 4.99 Å². The minimum atomic E-state index is -0.988. The van der Waals surface area contributed by atoms with E-state index in [1.807, 2.05) is 0 Å². The summed E-state index contributed by atoms with van der Waals surface area (Å²) in [5.41, 5.74) is 2.73. The van der Waals surface area contributed by atoms with E-state index in [-0.39, 0.29) is 18.1 Å². The zero-order valence-corrected chi connectivity index (χ0v) is 21.4. The van der Waals surface area contributed by atoms with Crippen molar-refractivity contribution in [2.45, 2.75) is 6.61 Å². The summed E-state index contributed by atoms with van der Waals surface area (Å²) < 4.78 is 10.5. The molecule has 0 radical (unpaired) electrons. The SMILES string of the molecule is COC(=O)c1ccc(N=C2SC(=Cc3ccc(OCc4ccc(C(=O)O)cc4)c(Cl)c3)C(=O)N2C)cc1. The molecule has 3 aromatic carbocycles. The molecule has 10 heteroatoms. The topological polar surface area (TPSA) is 106 Å². The van der Waals surface area contributed by atoms with Crippen molar-refractivity contribution in [3.8, 4) is 5.75 Å². The molecule has 1 aliphatic rings. The van der Waals surface area contributed by atoms with Crippen LogP contribution in [-0.4, -0.2) is 47.2 Å². The van der Waals surface area contributed by atoms with E-state index in [2.05, 4.69) is 4.99 Å². The predicted molar refractivity (Wildman–Crippen MR) is 142 cm³/mol. The number of benzene rings is 3.